The van der Waals surface area contributed by atoms with Crippen LogP contribution in [0.5, 0.6) is 5.75 Å². The van der Waals surface area contributed by atoms with E-state index in [0.717, 1.165) is 23.3 Å². The van der Waals surface area contributed by atoms with E-state index in [4.69, 9.17) is 4.74 Å². The van der Waals surface area contributed by atoms with Crippen molar-refractivity contribution in [3.8, 4) is 5.75 Å². The highest BCUT2D eigenvalue weighted by Gasteiger charge is 2.19. The maximum Gasteiger partial charge on any atom is 0.232 e. The van der Waals surface area contributed by atoms with Crippen molar-refractivity contribution in [3.63, 3.8) is 0 Å². The minimum absolute atomic E-state index is 0.0841. The molecule has 0 aliphatic heterocycles. The number of sulfonamides is 1. The molecule has 31 heavy (non-hydrogen) atoms. The highest BCUT2D eigenvalue weighted by Crippen LogP contribution is 2.24. The zero-order valence-electron chi connectivity index (χ0n) is 19.1. The number of nitrogens with zero attached hydrogens (tertiary/aromatic N) is 1. The van der Waals surface area contributed by atoms with E-state index in [1.165, 1.54) is 10.6 Å². The van der Waals surface area contributed by atoms with Gasteiger partial charge in [-0.05, 0) is 61.1 Å². The molecule has 0 unspecified atom stereocenters. The van der Waals surface area contributed by atoms with Crippen molar-refractivity contribution in [2.75, 3.05) is 24.2 Å². The number of aryl methyl sites for hydroxylation is 1. The SMILES string of the molecule is COc1ccc([C@@H](CC(C)C)NC(=O)CCCN(c2cccc(C)c2)S(C)(=O)=O)cc1. The van der Waals surface area contributed by atoms with Gasteiger partial charge in [-0.1, -0.05) is 38.1 Å². The van der Waals surface area contributed by atoms with E-state index in [1.807, 2.05) is 49.4 Å². The quantitative estimate of drug-likeness (QED) is 0.553. The maximum absolute atomic E-state index is 12.6. The maximum atomic E-state index is 12.6. The Morgan fingerprint density at radius 3 is 2.35 bits per heavy atom. The van der Waals surface area contributed by atoms with Crippen LogP contribution in [0.4, 0.5) is 5.69 Å². The molecule has 1 N–H and O–H groups in total. The average Bonchev–Trinajstić information content (AvgIpc) is 2.69. The molecule has 1 atom stereocenters. The number of benzene rings is 2. The highest BCUT2D eigenvalue weighted by atomic mass is 32.2. The fourth-order valence-corrected chi connectivity index (χ4v) is 4.46. The second kappa shape index (κ2) is 11.2. The van der Waals surface area contributed by atoms with Crippen molar-refractivity contribution in [3.05, 3.63) is 59.7 Å². The molecular formula is C24H34N2O4S. The van der Waals surface area contributed by atoms with E-state index < -0.39 is 10.0 Å². The van der Waals surface area contributed by atoms with Crippen molar-refractivity contribution in [2.45, 2.75) is 46.1 Å². The van der Waals surface area contributed by atoms with Gasteiger partial charge in [-0.15, -0.1) is 0 Å². The van der Waals surface area contributed by atoms with Crippen molar-refractivity contribution in [2.24, 2.45) is 5.92 Å². The lowest BCUT2D eigenvalue weighted by Gasteiger charge is -2.24. The molecule has 0 heterocycles. The predicted octanol–water partition coefficient (Wildman–Crippen LogP) is 4.45. The van der Waals surface area contributed by atoms with Gasteiger partial charge in [0.2, 0.25) is 15.9 Å². The first-order valence-electron chi connectivity index (χ1n) is 10.6. The minimum atomic E-state index is -3.43. The molecule has 0 aromatic heterocycles. The van der Waals surface area contributed by atoms with E-state index in [0.29, 0.717) is 18.0 Å². The average molecular weight is 447 g/mol. The fraction of sp³-hybridized carbons (Fsp3) is 0.458. The summed E-state index contributed by atoms with van der Waals surface area (Å²) in [5, 5.41) is 3.12. The molecule has 7 heteroatoms. The molecule has 0 aliphatic carbocycles. The summed E-state index contributed by atoms with van der Waals surface area (Å²) in [6.07, 6.45) is 2.70. The van der Waals surface area contributed by atoms with E-state index in [2.05, 4.69) is 19.2 Å². The Labute approximate surface area is 186 Å². The van der Waals surface area contributed by atoms with Crippen LogP contribution < -0.4 is 14.4 Å². The number of carbonyl (C=O) groups is 1. The molecule has 0 spiro atoms. The van der Waals surface area contributed by atoms with Gasteiger partial charge in [-0.25, -0.2) is 8.42 Å². The normalized spacial score (nSPS) is 12.5. The van der Waals surface area contributed by atoms with E-state index >= 15 is 0 Å². The molecule has 1 amide bonds. The summed E-state index contributed by atoms with van der Waals surface area (Å²) in [5.41, 5.74) is 2.64. The monoisotopic (exact) mass is 446 g/mol. The molecule has 2 aromatic carbocycles. The number of hydrogen-bond acceptors (Lipinski definition) is 4. The van der Waals surface area contributed by atoms with E-state index in [-0.39, 0.29) is 24.9 Å². The topological polar surface area (TPSA) is 75.7 Å². The van der Waals surface area contributed by atoms with Crippen LogP contribution in [0, 0.1) is 12.8 Å². The lowest BCUT2D eigenvalue weighted by molar-refractivity contribution is -0.122. The number of anilines is 1. The minimum Gasteiger partial charge on any atom is -0.497 e. The fourth-order valence-electron chi connectivity index (χ4n) is 3.51. The first-order valence-corrected chi connectivity index (χ1v) is 12.4. The van der Waals surface area contributed by atoms with Crippen LogP contribution in [-0.2, 0) is 14.8 Å². The van der Waals surface area contributed by atoms with Gasteiger partial charge >= 0.3 is 0 Å². The van der Waals surface area contributed by atoms with Gasteiger partial charge in [-0.3, -0.25) is 9.10 Å². The van der Waals surface area contributed by atoms with Gasteiger partial charge < -0.3 is 10.1 Å². The van der Waals surface area contributed by atoms with Gasteiger partial charge in [-0.2, -0.15) is 0 Å². The van der Waals surface area contributed by atoms with Gasteiger partial charge in [0.05, 0.1) is 25.1 Å². The Balaban J connectivity index is 2.01. The van der Waals surface area contributed by atoms with E-state index in [9.17, 15) is 13.2 Å². The second-order valence-electron chi connectivity index (χ2n) is 8.30. The summed E-state index contributed by atoms with van der Waals surface area (Å²) in [6.45, 7) is 6.42. The van der Waals surface area contributed by atoms with Crippen LogP contribution in [0.25, 0.3) is 0 Å². The number of ether oxygens (including phenoxy) is 1. The standard InChI is InChI=1S/C24H34N2O4S/c1-18(2)16-23(20-11-13-22(30-4)14-12-20)25-24(27)10-7-15-26(31(5,28)29)21-9-6-8-19(3)17-21/h6,8-9,11-14,17-18,23H,7,10,15-16H2,1-5H3,(H,25,27)/t23-/m1/s1. The second-order valence-corrected chi connectivity index (χ2v) is 10.2. The van der Waals surface area contributed by atoms with Crippen molar-refractivity contribution in [1.29, 1.82) is 0 Å². The molecule has 2 aromatic rings. The third-order valence-corrected chi connectivity index (χ3v) is 6.21. The number of hydrogen-bond donors (Lipinski definition) is 1. The molecule has 0 fully saturated rings. The Kier molecular flexibility index (Phi) is 8.92. The number of carbonyl (C=O) groups excluding carboxylic acids is 1. The summed E-state index contributed by atoms with van der Waals surface area (Å²) in [4.78, 5) is 12.6. The van der Waals surface area contributed by atoms with Crippen molar-refractivity contribution in [1.82, 2.24) is 5.32 Å². The van der Waals surface area contributed by atoms with Crippen molar-refractivity contribution >= 4 is 21.6 Å². The molecule has 0 saturated heterocycles. The van der Waals surface area contributed by atoms with Gasteiger partial charge in [0.1, 0.15) is 5.75 Å². The van der Waals surface area contributed by atoms with Gasteiger partial charge in [0, 0.05) is 13.0 Å². The van der Waals surface area contributed by atoms with Crippen LogP contribution in [0.2, 0.25) is 0 Å². The molecule has 0 aliphatic rings. The smallest absolute Gasteiger partial charge is 0.232 e. The van der Waals surface area contributed by atoms with Crippen LogP contribution in [0.3, 0.4) is 0 Å². The van der Waals surface area contributed by atoms with Crippen molar-refractivity contribution < 1.29 is 17.9 Å². The third kappa shape index (κ3) is 7.90. The summed E-state index contributed by atoms with van der Waals surface area (Å²) >= 11 is 0. The molecule has 170 valence electrons. The molecule has 0 saturated carbocycles. The number of nitrogens with one attached hydrogen (secondary N) is 1. The first kappa shape index (κ1) is 24.7. The van der Waals surface area contributed by atoms with E-state index in [1.54, 1.807) is 13.2 Å². The number of rotatable bonds is 11. The van der Waals surface area contributed by atoms with Gasteiger partial charge in [0.25, 0.3) is 0 Å². The Hall–Kier alpha value is -2.54. The van der Waals surface area contributed by atoms with Crippen LogP contribution >= 0.6 is 0 Å². The predicted molar refractivity (Wildman–Crippen MR) is 126 cm³/mol. The zero-order valence-corrected chi connectivity index (χ0v) is 19.9. The molecular weight excluding hydrogens is 412 g/mol. The summed E-state index contributed by atoms with van der Waals surface area (Å²) in [6, 6.07) is 15.0. The zero-order chi connectivity index (χ0) is 23.0. The third-order valence-electron chi connectivity index (χ3n) is 5.02. The molecule has 2 rings (SSSR count). The summed E-state index contributed by atoms with van der Waals surface area (Å²) in [5.74, 6) is 1.10. The highest BCUT2D eigenvalue weighted by molar-refractivity contribution is 7.92. The van der Waals surface area contributed by atoms with Crippen LogP contribution in [0.15, 0.2) is 48.5 Å². The first-order chi connectivity index (χ1) is 14.6. The Bertz CT molecular complexity index is 956. The van der Waals surface area contributed by atoms with Crippen LogP contribution in [0.1, 0.15) is 50.3 Å². The molecule has 6 nitrogen and oxygen atoms in total. The number of amides is 1. The Morgan fingerprint density at radius 1 is 1.13 bits per heavy atom. The number of methoxy groups -OCH3 is 1. The lowest BCUT2D eigenvalue weighted by Crippen LogP contribution is -2.33. The largest absolute Gasteiger partial charge is 0.497 e. The van der Waals surface area contributed by atoms with Gasteiger partial charge in [0.15, 0.2) is 0 Å². The van der Waals surface area contributed by atoms with Crippen LogP contribution in [-0.4, -0.2) is 34.2 Å². The molecule has 0 bridgehead atoms. The summed E-state index contributed by atoms with van der Waals surface area (Å²) < 4.78 is 31.1. The summed E-state index contributed by atoms with van der Waals surface area (Å²) in [7, 11) is -1.81. The Morgan fingerprint density at radius 2 is 1.81 bits per heavy atom. The molecule has 0 radical (unpaired) electrons. The lowest BCUT2D eigenvalue weighted by atomic mass is 9.96.